The number of nitrogens with one attached hydrogen (secondary N) is 1. The topological polar surface area (TPSA) is 99.1 Å². The van der Waals surface area contributed by atoms with Gasteiger partial charge in [0.1, 0.15) is 5.76 Å². The summed E-state index contributed by atoms with van der Waals surface area (Å²) >= 11 is 0. The Balaban J connectivity index is 1.50. The monoisotopic (exact) mass is 446 g/mol. The molecular formula is C25H26N4O4. The van der Waals surface area contributed by atoms with Crippen LogP contribution in [0.1, 0.15) is 39.9 Å². The molecule has 0 fully saturated rings. The van der Waals surface area contributed by atoms with Crippen molar-refractivity contribution < 1.29 is 9.32 Å². The fraction of sp³-hybridized carbons (Fsp3) is 0.280. The highest BCUT2D eigenvalue weighted by molar-refractivity contribution is 5.94. The second-order valence-electron chi connectivity index (χ2n) is 7.93. The molecule has 0 saturated carbocycles. The number of aryl methyl sites for hydroxylation is 3. The summed E-state index contributed by atoms with van der Waals surface area (Å²) < 4.78 is 8.13. The number of amides is 1. The van der Waals surface area contributed by atoms with Gasteiger partial charge in [0.15, 0.2) is 0 Å². The molecule has 0 saturated heterocycles. The molecule has 0 unspecified atom stereocenters. The van der Waals surface area contributed by atoms with E-state index in [1.165, 1.54) is 9.13 Å². The number of rotatable bonds is 7. The van der Waals surface area contributed by atoms with Crippen LogP contribution in [0.25, 0.3) is 11.0 Å². The van der Waals surface area contributed by atoms with Crippen LogP contribution < -0.4 is 16.4 Å². The molecule has 0 aliphatic heterocycles. The minimum Gasteiger partial charge on any atom is -0.361 e. The molecule has 170 valence electrons. The molecular weight excluding hydrogens is 420 g/mol. The third-order valence-corrected chi connectivity index (χ3v) is 5.85. The van der Waals surface area contributed by atoms with Crippen LogP contribution in [-0.2, 0) is 19.5 Å². The van der Waals surface area contributed by atoms with Gasteiger partial charge in [-0.05, 0) is 57.0 Å². The van der Waals surface area contributed by atoms with Crippen molar-refractivity contribution in [2.24, 2.45) is 0 Å². The van der Waals surface area contributed by atoms with Crippen LogP contribution in [0.3, 0.4) is 0 Å². The van der Waals surface area contributed by atoms with E-state index < -0.39 is 11.1 Å². The van der Waals surface area contributed by atoms with Crippen LogP contribution in [0.15, 0.2) is 62.6 Å². The lowest BCUT2D eigenvalue weighted by molar-refractivity contribution is 0.0954. The summed E-state index contributed by atoms with van der Waals surface area (Å²) in [6, 6.07) is 14.4. The first-order valence-electron chi connectivity index (χ1n) is 10.9. The van der Waals surface area contributed by atoms with Crippen molar-refractivity contribution in [2.75, 3.05) is 6.54 Å². The molecule has 1 N–H and O–H groups in total. The molecule has 0 spiro atoms. The predicted octanol–water partition coefficient (Wildman–Crippen LogP) is 2.81. The fourth-order valence-electron chi connectivity index (χ4n) is 4.05. The van der Waals surface area contributed by atoms with E-state index in [1.807, 2.05) is 45.0 Å². The molecule has 0 atom stereocenters. The van der Waals surface area contributed by atoms with Gasteiger partial charge in [-0.3, -0.25) is 19.0 Å². The van der Waals surface area contributed by atoms with Crippen molar-refractivity contribution in [3.05, 3.63) is 97.4 Å². The Morgan fingerprint density at radius 3 is 2.21 bits per heavy atom. The van der Waals surface area contributed by atoms with Gasteiger partial charge in [-0.2, -0.15) is 0 Å². The van der Waals surface area contributed by atoms with Crippen LogP contribution >= 0.6 is 0 Å². The number of fused-ring (bicyclic) bond motifs is 1. The smallest absolute Gasteiger partial charge is 0.317 e. The maximum atomic E-state index is 12.8. The molecule has 0 aliphatic carbocycles. The van der Waals surface area contributed by atoms with E-state index in [0.29, 0.717) is 30.6 Å². The first-order valence-corrected chi connectivity index (χ1v) is 10.9. The summed E-state index contributed by atoms with van der Waals surface area (Å²) in [6.45, 7) is 6.72. The van der Waals surface area contributed by atoms with E-state index >= 15 is 0 Å². The normalized spacial score (nSPS) is 11.1. The van der Waals surface area contributed by atoms with Gasteiger partial charge in [0.2, 0.25) is 0 Å². The lowest BCUT2D eigenvalue weighted by Crippen LogP contribution is -2.41. The Morgan fingerprint density at radius 2 is 1.61 bits per heavy atom. The average Bonchev–Trinajstić information content (AvgIpc) is 3.15. The van der Waals surface area contributed by atoms with Crippen LogP contribution in [0, 0.1) is 13.8 Å². The van der Waals surface area contributed by atoms with Gasteiger partial charge in [0.05, 0.1) is 23.3 Å². The Hall–Kier alpha value is -3.94. The number of aromatic nitrogens is 3. The quantitative estimate of drug-likeness (QED) is 0.440. The fourth-order valence-corrected chi connectivity index (χ4v) is 4.05. The first-order chi connectivity index (χ1) is 15.9. The van der Waals surface area contributed by atoms with Gasteiger partial charge in [-0.15, -0.1) is 0 Å². The number of carbonyl (C=O) groups is 1. The molecule has 1 amide bonds. The van der Waals surface area contributed by atoms with Gasteiger partial charge >= 0.3 is 11.1 Å². The highest BCUT2D eigenvalue weighted by Crippen LogP contribution is 2.14. The average molecular weight is 447 g/mol. The molecule has 2 aromatic carbocycles. The SMILES string of the molecule is CCn1c(=O)c(=O)n(Cc2ccc(C(=O)NCCc3c(C)noc3C)cc2)c2ccccc21. The number of benzene rings is 2. The largest absolute Gasteiger partial charge is 0.361 e. The van der Waals surface area contributed by atoms with E-state index in [2.05, 4.69) is 10.5 Å². The van der Waals surface area contributed by atoms with Crippen molar-refractivity contribution in [1.82, 2.24) is 19.6 Å². The third kappa shape index (κ3) is 4.37. The van der Waals surface area contributed by atoms with Gasteiger partial charge < -0.3 is 14.4 Å². The summed E-state index contributed by atoms with van der Waals surface area (Å²) in [6.07, 6.45) is 0.643. The Bertz CT molecular complexity index is 1410. The van der Waals surface area contributed by atoms with Crippen LogP contribution in [0.2, 0.25) is 0 Å². The molecule has 4 aromatic rings. The molecule has 8 heteroatoms. The van der Waals surface area contributed by atoms with E-state index in [-0.39, 0.29) is 12.5 Å². The second-order valence-corrected chi connectivity index (χ2v) is 7.93. The maximum absolute atomic E-state index is 12.8. The van der Waals surface area contributed by atoms with E-state index in [0.717, 1.165) is 28.1 Å². The predicted molar refractivity (Wildman–Crippen MR) is 126 cm³/mol. The minimum atomic E-state index is -0.559. The van der Waals surface area contributed by atoms with Crippen molar-refractivity contribution in [2.45, 2.75) is 40.3 Å². The molecule has 0 bridgehead atoms. The lowest BCUT2D eigenvalue weighted by atomic mass is 10.1. The molecule has 0 radical (unpaired) electrons. The number of para-hydroxylation sites is 2. The molecule has 2 aromatic heterocycles. The Labute approximate surface area is 190 Å². The zero-order chi connectivity index (χ0) is 23.5. The van der Waals surface area contributed by atoms with Gasteiger partial charge in [0.25, 0.3) is 5.91 Å². The third-order valence-electron chi connectivity index (χ3n) is 5.85. The molecule has 33 heavy (non-hydrogen) atoms. The van der Waals surface area contributed by atoms with Crippen molar-refractivity contribution in [3.8, 4) is 0 Å². The molecule has 0 aliphatic rings. The zero-order valence-electron chi connectivity index (χ0n) is 18.9. The Kier molecular flexibility index (Phi) is 6.26. The van der Waals surface area contributed by atoms with E-state index in [4.69, 9.17) is 4.52 Å². The summed E-state index contributed by atoms with van der Waals surface area (Å²) in [5.74, 6) is 0.585. The summed E-state index contributed by atoms with van der Waals surface area (Å²) in [7, 11) is 0. The van der Waals surface area contributed by atoms with Gasteiger partial charge in [-0.25, -0.2) is 0 Å². The minimum absolute atomic E-state index is 0.179. The highest BCUT2D eigenvalue weighted by atomic mass is 16.5. The molecule has 2 heterocycles. The lowest BCUT2D eigenvalue weighted by Gasteiger charge is -2.14. The molecule has 8 nitrogen and oxygen atoms in total. The van der Waals surface area contributed by atoms with Crippen molar-refractivity contribution in [1.29, 1.82) is 0 Å². The second kappa shape index (κ2) is 9.28. The van der Waals surface area contributed by atoms with E-state index in [1.54, 1.807) is 24.3 Å². The number of carbonyl (C=O) groups excluding carboxylic acids is 1. The zero-order valence-corrected chi connectivity index (χ0v) is 18.9. The summed E-state index contributed by atoms with van der Waals surface area (Å²) in [5, 5.41) is 6.83. The van der Waals surface area contributed by atoms with E-state index in [9.17, 15) is 14.4 Å². The molecule has 4 rings (SSSR count). The van der Waals surface area contributed by atoms with Crippen LogP contribution in [0.4, 0.5) is 0 Å². The first kappa shape index (κ1) is 22.3. The standard InChI is InChI=1S/C25H26N4O4/c1-4-28-21-7-5-6-8-22(21)29(25(32)24(28)31)15-18-9-11-19(12-10-18)23(30)26-14-13-20-16(2)27-33-17(20)3/h5-12H,4,13-15H2,1-3H3,(H,26,30). The summed E-state index contributed by atoms with van der Waals surface area (Å²) in [4.78, 5) is 37.8. The van der Waals surface area contributed by atoms with Crippen LogP contribution in [-0.4, -0.2) is 26.7 Å². The van der Waals surface area contributed by atoms with Crippen molar-refractivity contribution in [3.63, 3.8) is 0 Å². The number of hydrogen-bond acceptors (Lipinski definition) is 5. The van der Waals surface area contributed by atoms with Crippen LogP contribution in [0.5, 0.6) is 0 Å². The maximum Gasteiger partial charge on any atom is 0.317 e. The summed E-state index contributed by atoms with van der Waals surface area (Å²) in [5.41, 5.74) is 3.51. The Morgan fingerprint density at radius 1 is 0.970 bits per heavy atom. The van der Waals surface area contributed by atoms with Gasteiger partial charge in [0, 0.05) is 24.2 Å². The highest BCUT2D eigenvalue weighted by Gasteiger charge is 2.13. The van der Waals surface area contributed by atoms with Gasteiger partial charge in [-0.1, -0.05) is 29.4 Å². The number of nitrogens with zero attached hydrogens (tertiary/aromatic N) is 3. The number of hydrogen-bond donors (Lipinski definition) is 1. The van der Waals surface area contributed by atoms with Crippen molar-refractivity contribution >= 4 is 16.9 Å².